The van der Waals surface area contributed by atoms with Crippen LogP contribution in [0.1, 0.15) is 6.42 Å². The van der Waals surface area contributed by atoms with Gasteiger partial charge in [-0.05, 0) is 29.0 Å². The molecule has 0 aliphatic carbocycles. The lowest BCUT2D eigenvalue weighted by Crippen LogP contribution is -2.32. The van der Waals surface area contributed by atoms with E-state index in [0.717, 1.165) is 12.2 Å². The summed E-state index contributed by atoms with van der Waals surface area (Å²) in [5.74, 6) is 0.853. The van der Waals surface area contributed by atoms with Crippen LogP contribution in [0, 0.1) is 0 Å². The standard InChI is InChI=1S/C13H18N6O2/c1-18(12(20)10-19-13(14)15-16-17-19)8-5-9-21-11-6-3-2-4-7-11/h2-4,6-7H,5,8-10H2,1H3,(H2,14,15,17). The van der Waals surface area contributed by atoms with E-state index in [4.69, 9.17) is 10.5 Å². The molecule has 2 aromatic rings. The molecule has 0 atom stereocenters. The first-order valence-corrected chi connectivity index (χ1v) is 6.60. The topological polar surface area (TPSA) is 99.2 Å². The Balaban J connectivity index is 1.68. The Hall–Kier alpha value is -2.64. The van der Waals surface area contributed by atoms with Crippen molar-refractivity contribution in [2.45, 2.75) is 13.0 Å². The number of amides is 1. The van der Waals surface area contributed by atoms with Gasteiger partial charge in [0.25, 0.3) is 0 Å². The largest absolute Gasteiger partial charge is 0.494 e. The quantitative estimate of drug-likeness (QED) is 0.730. The van der Waals surface area contributed by atoms with Gasteiger partial charge in [-0.2, -0.15) is 0 Å². The van der Waals surface area contributed by atoms with Crippen LogP contribution in [0.25, 0.3) is 0 Å². The maximum absolute atomic E-state index is 11.9. The molecule has 0 saturated carbocycles. The third-order valence-electron chi connectivity index (χ3n) is 2.92. The molecule has 8 nitrogen and oxygen atoms in total. The molecule has 0 bridgehead atoms. The van der Waals surface area contributed by atoms with Crippen LogP contribution in [0.4, 0.5) is 5.95 Å². The highest BCUT2D eigenvalue weighted by Crippen LogP contribution is 2.08. The molecule has 0 spiro atoms. The van der Waals surface area contributed by atoms with Gasteiger partial charge in [-0.25, -0.2) is 4.68 Å². The van der Waals surface area contributed by atoms with E-state index >= 15 is 0 Å². The zero-order valence-corrected chi connectivity index (χ0v) is 11.8. The van der Waals surface area contributed by atoms with E-state index in [9.17, 15) is 4.79 Å². The number of tetrazole rings is 1. The van der Waals surface area contributed by atoms with Gasteiger partial charge in [0.05, 0.1) is 6.61 Å². The van der Waals surface area contributed by atoms with Crippen LogP contribution in [-0.4, -0.2) is 51.2 Å². The number of anilines is 1. The normalized spacial score (nSPS) is 10.3. The number of ether oxygens (including phenoxy) is 1. The summed E-state index contributed by atoms with van der Waals surface area (Å²) in [5, 5.41) is 10.5. The average Bonchev–Trinajstić information content (AvgIpc) is 2.89. The third-order valence-corrected chi connectivity index (χ3v) is 2.92. The van der Waals surface area contributed by atoms with Crippen LogP contribution >= 0.6 is 0 Å². The van der Waals surface area contributed by atoms with Crippen molar-refractivity contribution in [3.05, 3.63) is 30.3 Å². The molecular formula is C13H18N6O2. The molecule has 0 fully saturated rings. The van der Waals surface area contributed by atoms with Crippen LogP contribution in [0.3, 0.4) is 0 Å². The van der Waals surface area contributed by atoms with Gasteiger partial charge in [0.1, 0.15) is 12.3 Å². The number of hydrogen-bond donors (Lipinski definition) is 1. The molecule has 1 aromatic heterocycles. The minimum absolute atomic E-state index is 0.0366. The van der Waals surface area contributed by atoms with E-state index in [0.29, 0.717) is 13.2 Å². The predicted octanol–water partition coefficient (Wildman–Crippen LogP) is 0.183. The number of nitrogens with two attached hydrogens (primary N) is 1. The van der Waals surface area contributed by atoms with Crippen molar-refractivity contribution in [2.24, 2.45) is 0 Å². The second-order valence-corrected chi connectivity index (χ2v) is 4.53. The summed E-state index contributed by atoms with van der Waals surface area (Å²) in [7, 11) is 1.73. The van der Waals surface area contributed by atoms with Gasteiger partial charge in [-0.3, -0.25) is 4.79 Å². The molecule has 112 valence electrons. The molecule has 2 N–H and O–H groups in total. The number of nitrogens with zero attached hydrogens (tertiary/aromatic N) is 5. The average molecular weight is 290 g/mol. The monoisotopic (exact) mass is 290 g/mol. The molecule has 0 unspecified atom stereocenters. The lowest BCUT2D eigenvalue weighted by molar-refractivity contribution is -0.130. The summed E-state index contributed by atoms with van der Waals surface area (Å²) in [6.45, 7) is 1.18. The molecule has 0 aliphatic heterocycles. The van der Waals surface area contributed by atoms with Gasteiger partial charge in [0.15, 0.2) is 0 Å². The zero-order valence-electron chi connectivity index (χ0n) is 11.8. The van der Waals surface area contributed by atoms with Gasteiger partial charge in [0, 0.05) is 13.6 Å². The number of carbonyl (C=O) groups excluding carboxylic acids is 1. The number of rotatable bonds is 7. The van der Waals surface area contributed by atoms with Gasteiger partial charge in [-0.15, -0.1) is 0 Å². The summed E-state index contributed by atoms with van der Waals surface area (Å²) in [4.78, 5) is 13.5. The number of nitrogen functional groups attached to an aromatic ring is 1. The summed E-state index contributed by atoms with van der Waals surface area (Å²) >= 11 is 0. The molecule has 0 saturated heterocycles. The molecule has 21 heavy (non-hydrogen) atoms. The molecule has 0 aliphatic rings. The minimum atomic E-state index is -0.103. The van der Waals surface area contributed by atoms with E-state index in [1.54, 1.807) is 11.9 Å². The maximum atomic E-state index is 11.9. The maximum Gasteiger partial charge on any atom is 0.244 e. The lowest BCUT2D eigenvalue weighted by atomic mass is 10.3. The Morgan fingerprint density at radius 1 is 1.38 bits per heavy atom. The van der Waals surface area contributed by atoms with Crippen molar-refractivity contribution in [3.8, 4) is 5.75 Å². The molecule has 1 heterocycles. The number of para-hydroxylation sites is 1. The number of benzene rings is 1. The van der Waals surface area contributed by atoms with Crippen molar-refractivity contribution < 1.29 is 9.53 Å². The summed E-state index contributed by atoms with van der Waals surface area (Å²) in [6, 6.07) is 9.57. The molecule has 8 heteroatoms. The Bertz CT molecular complexity index is 571. The summed E-state index contributed by atoms with van der Waals surface area (Å²) in [6.07, 6.45) is 0.738. The highest BCUT2D eigenvalue weighted by atomic mass is 16.5. The molecule has 2 rings (SSSR count). The van der Waals surface area contributed by atoms with Crippen LogP contribution in [0.15, 0.2) is 30.3 Å². The van der Waals surface area contributed by atoms with Gasteiger partial charge in [-0.1, -0.05) is 23.3 Å². The van der Waals surface area contributed by atoms with Crippen molar-refractivity contribution >= 4 is 11.9 Å². The first kappa shape index (κ1) is 14.8. The van der Waals surface area contributed by atoms with Crippen LogP contribution in [0.5, 0.6) is 5.75 Å². The Labute approximate surface area is 122 Å². The second kappa shape index (κ2) is 7.22. The summed E-state index contributed by atoms with van der Waals surface area (Å²) in [5.41, 5.74) is 5.51. The van der Waals surface area contributed by atoms with Crippen LogP contribution in [-0.2, 0) is 11.3 Å². The molecule has 1 aromatic carbocycles. The highest BCUT2D eigenvalue weighted by molar-refractivity contribution is 5.75. The minimum Gasteiger partial charge on any atom is -0.494 e. The first-order chi connectivity index (χ1) is 10.2. The molecule has 0 radical (unpaired) electrons. The number of carbonyl (C=O) groups is 1. The van der Waals surface area contributed by atoms with E-state index in [2.05, 4.69) is 15.5 Å². The fourth-order valence-electron chi connectivity index (χ4n) is 1.71. The zero-order chi connectivity index (χ0) is 15.1. The summed E-state index contributed by atoms with van der Waals surface area (Å²) < 4.78 is 6.83. The van der Waals surface area contributed by atoms with Gasteiger partial charge < -0.3 is 15.4 Å². The fourth-order valence-corrected chi connectivity index (χ4v) is 1.71. The van der Waals surface area contributed by atoms with E-state index in [1.165, 1.54) is 4.68 Å². The van der Waals surface area contributed by atoms with Crippen molar-refractivity contribution in [1.29, 1.82) is 0 Å². The van der Waals surface area contributed by atoms with Gasteiger partial charge in [0.2, 0.25) is 11.9 Å². The smallest absolute Gasteiger partial charge is 0.244 e. The first-order valence-electron chi connectivity index (χ1n) is 6.60. The fraction of sp³-hybridized carbons (Fsp3) is 0.385. The van der Waals surface area contributed by atoms with Gasteiger partial charge >= 0.3 is 0 Å². The number of hydrogen-bond acceptors (Lipinski definition) is 6. The van der Waals surface area contributed by atoms with E-state index < -0.39 is 0 Å². The third kappa shape index (κ3) is 4.44. The highest BCUT2D eigenvalue weighted by Gasteiger charge is 2.12. The van der Waals surface area contributed by atoms with Crippen LogP contribution in [0.2, 0.25) is 0 Å². The van der Waals surface area contributed by atoms with E-state index in [-0.39, 0.29) is 18.4 Å². The van der Waals surface area contributed by atoms with E-state index in [1.807, 2.05) is 30.3 Å². The predicted molar refractivity (Wildman–Crippen MR) is 76.4 cm³/mol. The second-order valence-electron chi connectivity index (χ2n) is 4.53. The van der Waals surface area contributed by atoms with Crippen LogP contribution < -0.4 is 10.5 Å². The van der Waals surface area contributed by atoms with Crippen molar-refractivity contribution in [2.75, 3.05) is 25.9 Å². The lowest BCUT2D eigenvalue weighted by Gasteiger charge is -2.17. The van der Waals surface area contributed by atoms with Crippen molar-refractivity contribution in [3.63, 3.8) is 0 Å². The van der Waals surface area contributed by atoms with Crippen molar-refractivity contribution in [1.82, 2.24) is 25.1 Å². The molecular weight excluding hydrogens is 272 g/mol. The Morgan fingerprint density at radius 3 is 2.81 bits per heavy atom. The number of aromatic nitrogens is 4. The molecule has 1 amide bonds. The number of likely N-dealkylation sites (N-methyl/N-ethyl adjacent to an activating group) is 1. The Morgan fingerprint density at radius 2 is 2.14 bits per heavy atom. The SMILES string of the molecule is CN(CCCOc1ccccc1)C(=O)Cn1nnnc1N. The Kier molecular flexibility index (Phi) is 5.08.